The van der Waals surface area contributed by atoms with Crippen LogP contribution in [0.5, 0.6) is 0 Å². The van der Waals surface area contributed by atoms with E-state index in [4.69, 9.17) is 0 Å². The summed E-state index contributed by atoms with van der Waals surface area (Å²) in [5.74, 6) is 0.130. The molecule has 0 aliphatic carbocycles. The van der Waals surface area contributed by atoms with Crippen molar-refractivity contribution in [3.05, 3.63) is 101 Å². The average Bonchev–Trinajstić information content (AvgIpc) is 3.39. The molecule has 2 aromatic rings. The zero-order valence-electron chi connectivity index (χ0n) is 20.6. The zero-order valence-corrected chi connectivity index (χ0v) is 20.6. The number of carbonyl (C=O) groups is 2. The van der Waals surface area contributed by atoms with Gasteiger partial charge in [-0.3, -0.25) is 14.5 Å². The molecule has 6 heteroatoms. The molecule has 182 valence electrons. The molecule has 0 spiro atoms. The minimum Gasteiger partial charge on any atom is -0.388 e. The minimum atomic E-state index is 0.0405. The highest BCUT2D eigenvalue weighted by atomic mass is 16.2. The lowest BCUT2D eigenvalue weighted by atomic mass is 10.1. The van der Waals surface area contributed by atoms with Crippen LogP contribution >= 0.6 is 0 Å². The second-order valence-corrected chi connectivity index (χ2v) is 8.88. The van der Waals surface area contributed by atoms with Crippen molar-refractivity contribution < 1.29 is 9.59 Å². The number of carbonyl (C=O) groups excluding carboxylic acids is 2. The third kappa shape index (κ3) is 6.08. The number of hydrogen-bond donors (Lipinski definition) is 1. The van der Waals surface area contributed by atoms with Gasteiger partial charge in [-0.1, -0.05) is 54.6 Å². The maximum atomic E-state index is 13.4. The van der Waals surface area contributed by atoms with Gasteiger partial charge in [0.1, 0.15) is 0 Å². The van der Waals surface area contributed by atoms with Crippen molar-refractivity contribution >= 4 is 17.5 Å². The van der Waals surface area contributed by atoms with E-state index in [1.165, 1.54) is 0 Å². The number of amides is 2. The molecule has 2 aromatic carbocycles. The van der Waals surface area contributed by atoms with Gasteiger partial charge in [-0.2, -0.15) is 0 Å². The molecular weight excluding hydrogens is 436 g/mol. The second kappa shape index (κ2) is 11.7. The Bertz CT molecular complexity index is 1130. The molecule has 0 bridgehead atoms. The summed E-state index contributed by atoms with van der Waals surface area (Å²) in [6, 6.07) is 15.8. The SMILES string of the molecule is C/C=C(\C=C/CCN1CC(=O)N(Cc2ccc(C(=O)N3CC=CC3)cc2)c2ccccc2C1)NC. The van der Waals surface area contributed by atoms with Gasteiger partial charge in [-0.05, 0) is 48.7 Å². The van der Waals surface area contributed by atoms with E-state index in [1.54, 1.807) is 0 Å². The number of anilines is 1. The van der Waals surface area contributed by atoms with Crippen LogP contribution in [0.3, 0.4) is 0 Å². The van der Waals surface area contributed by atoms with Crippen molar-refractivity contribution in [3.8, 4) is 0 Å². The molecule has 2 aliphatic rings. The number of likely N-dealkylation sites (N-methyl/N-ethyl adjacent to an activating group) is 1. The molecule has 0 atom stereocenters. The Labute approximate surface area is 208 Å². The summed E-state index contributed by atoms with van der Waals surface area (Å²) in [5, 5.41) is 3.15. The molecule has 2 aliphatic heterocycles. The van der Waals surface area contributed by atoms with Crippen molar-refractivity contribution in [2.24, 2.45) is 0 Å². The number of para-hydroxylation sites is 1. The monoisotopic (exact) mass is 470 g/mol. The van der Waals surface area contributed by atoms with Gasteiger partial charge >= 0.3 is 0 Å². The van der Waals surface area contributed by atoms with E-state index in [1.807, 2.05) is 84.5 Å². The molecule has 1 N–H and O–H groups in total. The predicted molar refractivity (Wildman–Crippen MR) is 141 cm³/mol. The molecule has 0 fully saturated rings. The summed E-state index contributed by atoms with van der Waals surface area (Å²) < 4.78 is 0. The molecule has 0 unspecified atom stereocenters. The number of rotatable bonds is 8. The normalized spacial score (nSPS) is 16.6. The smallest absolute Gasteiger partial charge is 0.254 e. The fraction of sp³-hybridized carbons (Fsp3) is 0.310. The Morgan fingerprint density at radius 2 is 1.77 bits per heavy atom. The van der Waals surface area contributed by atoms with Crippen LogP contribution in [-0.2, 0) is 17.9 Å². The third-order valence-electron chi connectivity index (χ3n) is 6.49. The first-order valence-corrected chi connectivity index (χ1v) is 12.2. The van der Waals surface area contributed by atoms with Crippen LogP contribution in [0.25, 0.3) is 0 Å². The molecule has 0 saturated heterocycles. The molecule has 35 heavy (non-hydrogen) atoms. The maximum absolute atomic E-state index is 13.4. The van der Waals surface area contributed by atoms with E-state index in [-0.39, 0.29) is 11.8 Å². The molecule has 2 heterocycles. The quantitative estimate of drug-likeness (QED) is 0.466. The Morgan fingerprint density at radius 3 is 2.49 bits per heavy atom. The molecule has 0 saturated carbocycles. The van der Waals surface area contributed by atoms with Crippen LogP contribution in [-0.4, -0.2) is 54.8 Å². The lowest BCUT2D eigenvalue weighted by Crippen LogP contribution is -2.37. The van der Waals surface area contributed by atoms with E-state index >= 15 is 0 Å². The van der Waals surface area contributed by atoms with Gasteiger partial charge in [0.15, 0.2) is 0 Å². The number of nitrogens with zero attached hydrogens (tertiary/aromatic N) is 3. The number of fused-ring (bicyclic) bond motifs is 1. The van der Waals surface area contributed by atoms with Gasteiger partial charge in [0.2, 0.25) is 5.91 Å². The lowest BCUT2D eigenvalue weighted by molar-refractivity contribution is -0.119. The highest BCUT2D eigenvalue weighted by Crippen LogP contribution is 2.27. The number of nitrogens with one attached hydrogen (secondary N) is 1. The molecule has 6 nitrogen and oxygen atoms in total. The van der Waals surface area contributed by atoms with Crippen molar-refractivity contribution in [3.63, 3.8) is 0 Å². The Balaban J connectivity index is 1.45. The minimum absolute atomic E-state index is 0.0405. The van der Waals surface area contributed by atoms with Crippen LogP contribution in [0.2, 0.25) is 0 Å². The summed E-state index contributed by atoms with van der Waals surface area (Å²) in [6.45, 7) is 5.75. The lowest BCUT2D eigenvalue weighted by Gasteiger charge is -2.23. The van der Waals surface area contributed by atoms with Crippen LogP contribution in [0.1, 0.15) is 34.8 Å². The number of allylic oxidation sites excluding steroid dienone is 2. The zero-order chi connectivity index (χ0) is 24.6. The highest BCUT2D eigenvalue weighted by molar-refractivity contribution is 5.96. The van der Waals surface area contributed by atoms with Crippen molar-refractivity contribution in [1.29, 1.82) is 0 Å². The van der Waals surface area contributed by atoms with Crippen LogP contribution < -0.4 is 10.2 Å². The van der Waals surface area contributed by atoms with Crippen molar-refractivity contribution in [1.82, 2.24) is 15.1 Å². The average molecular weight is 471 g/mol. The number of benzene rings is 2. The largest absolute Gasteiger partial charge is 0.388 e. The van der Waals surface area contributed by atoms with Crippen LogP contribution in [0, 0.1) is 0 Å². The predicted octanol–water partition coefficient (Wildman–Crippen LogP) is 4.12. The first-order valence-electron chi connectivity index (χ1n) is 12.2. The van der Waals surface area contributed by atoms with Gasteiger partial charge in [-0.15, -0.1) is 0 Å². The van der Waals surface area contributed by atoms with Gasteiger partial charge in [0, 0.05) is 50.2 Å². The Kier molecular flexibility index (Phi) is 8.16. The Morgan fingerprint density at radius 1 is 1.03 bits per heavy atom. The van der Waals surface area contributed by atoms with E-state index < -0.39 is 0 Å². The van der Waals surface area contributed by atoms with E-state index in [0.29, 0.717) is 31.7 Å². The van der Waals surface area contributed by atoms with Crippen LogP contribution in [0.15, 0.2) is 84.6 Å². The Hall–Kier alpha value is -3.64. The van der Waals surface area contributed by atoms with Gasteiger partial charge in [0.05, 0.1) is 13.1 Å². The summed E-state index contributed by atoms with van der Waals surface area (Å²) in [6.07, 6.45) is 11.1. The van der Waals surface area contributed by atoms with Crippen molar-refractivity contribution in [2.75, 3.05) is 38.1 Å². The maximum Gasteiger partial charge on any atom is 0.254 e. The van der Waals surface area contributed by atoms with E-state index in [2.05, 4.69) is 28.4 Å². The third-order valence-corrected chi connectivity index (χ3v) is 6.49. The van der Waals surface area contributed by atoms with Gasteiger partial charge in [0.25, 0.3) is 5.91 Å². The molecular formula is C29H34N4O2. The fourth-order valence-electron chi connectivity index (χ4n) is 4.50. The summed E-state index contributed by atoms with van der Waals surface area (Å²) in [5.41, 5.74) is 4.88. The topological polar surface area (TPSA) is 55.9 Å². The van der Waals surface area contributed by atoms with Crippen LogP contribution in [0.4, 0.5) is 5.69 Å². The molecule has 4 rings (SSSR count). The van der Waals surface area contributed by atoms with Gasteiger partial charge < -0.3 is 15.1 Å². The summed E-state index contributed by atoms with van der Waals surface area (Å²) in [4.78, 5) is 31.9. The highest BCUT2D eigenvalue weighted by Gasteiger charge is 2.26. The summed E-state index contributed by atoms with van der Waals surface area (Å²) >= 11 is 0. The fourth-order valence-corrected chi connectivity index (χ4v) is 4.50. The van der Waals surface area contributed by atoms with E-state index in [9.17, 15) is 9.59 Å². The summed E-state index contributed by atoms with van der Waals surface area (Å²) in [7, 11) is 1.91. The number of hydrogen-bond acceptors (Lipinski definition) is 4. The van der Waals surface area contributed by atoms with E-state index in [0.717, 1.165) is 42.0 Å². The van der Waals surface area contributed by atoms with Gasteiger partial charge in [-0.25, -0.2) is 0 Å². The first-order chi connectivity index (χ1) is 17.1. The second-order valence-electron chi connectivity index (χ2n) is 8.88. The van der Waals surface area contributed by atoms with Crippen molar-refractivity contribution in [2.45, 2.75) is 26.4 Å². The molecule has 0 aromatic heterocycles. The first kappa shape index (κ1) is 24.5. The molecule has 0 radical (unpaired) electrons. The standard InChI is InChI=1S/C29H34N4O2/c1-3-26(30-2)11-6-7-17-31-21-25-10-4-5-12-27(25)33(28(34)22-31)20-23-13-15-24(16-14-23)29(35)32-18-8-9-19-32/h3-6,8-16,30H,7,17-22H2,1-2H3/b11-6-,26-3+. The molecule has 2 amide bonds.